The molecule has 0 saturated heterocycles. The molecule has 2 N–H and O–H groups in total. The van der Waals surface area contributed by atoms with Crippen LogP contribution in [-0.4, -0.2) is 15.9 Å². The first-order chi connectivity index (χ1) is 10.2. The van der Waals surface area contributed by atoms with Gasteiger partial charge >= 0.3 is 0 Å². The standard InChI is InChI=1S/C16H12BrN3O/c17-12-6-8-13(9-7-12)19-16(21)14-10-18-15(20-14)11-4-2-1-3-5-11/h1-10H,(H,18,20)(H,19,21). The Hall–Kier alpha value is -2.40. The van der Waals surface area contributed by atoms with E-state index in [2.05, 4.69) is 31.2 Å². The van der Waals surface area contributed by atoms with Crippen molar-refractivity contribution in [2.24, 2.45) is 0 Å². The largest absolute Gasteiger partial charge is 0.334 e. The Morgan fingerprint density at radius 3 is 2.48 bits per heavy atom. The quantitative estimate of drug-likeness (QED) is 0.753. The molecule has 0 aliphatic rings. The molecular weight excluding hydrogens is 330 g/mol. The molecule has 4 nitrogen and oxygen atoms in total. The second-order valence-electron chi connectivity index (χ2n) is 4.47. The molecule has 0 bridgehead atoms. The number of amides is 1. The van der Waals surface area contributed by atoms with E-state index in [1.165, 1.54) is 6.20 Å². The highest BCUT2D eigenvalue weighted by Crippen LogP contribution is 2.17. The second kappa shape index (κ2) is 5.93. The highest BCUT2D eigenvalue weighted by molar-refractivity contribution is 9.10. The van der Waals surface area contributed by atoms with E-state index >= 15 is 0 Å². The molecule has 104 valence electrons. The molecule has 0 atom stereocenters. The molecule has 0 fully saturated rings. The summed E-state index contributed by atoms with van der Waals surface area (Å²) < 4.78 is 0.966. The molecule has 5 heteroatoms. The summed E-state index contributed by atoms with van der Waals surface area (Å²) in [5, 5.41) is 2.82. The van der Waals surface area contributed by atoms with Gasteiger partial charge in [0.05, 0.1) is 6.20 Å². The number of aromatic amines is 1. The average Bonchev–Trinajstić information content (AvgIpc) is 3.00. The molecule has 0 radical (unpaired) electrons. The summed E-state index contributed by atoms with van der Waals surface area (Å²) in [6.07, 6.45) is 1.54. The molecule has 3 aromatic rings. The van der Waals surface area contributed by atoms with Crippen molar-refractivity contribution in [3.05, 3.63) is 71.0 Å². The third-order valence-electron chi connectivity index (χ3n) is 2.97. The third kappa shape index (κ3) is 3.20. The zero-order chi connectivity index (χ0) is 14.7. The molecule has 0 saturated carbocycles. The van der Waals surface area contributed by atoms with E-state index in [0.29, 0.717) is 11.5 Å². The van der Waals surface area contributed by atoms with E-state index in [4.69, 9.17) is 0 Å². The minimum atomic E-state index is -0.216. The normalized spacial score (nSPS) is 10.3. The molecule has 1 heterocycles. The van der Waals surface area contributed by atoms with Crippen LogP contribution in [0.15, 0.2) is 65.3 Å². The number of imidazole rings is 1. The van der Waals surface area contributed by atoms with E-state index in [1.807, 2.05) is 54.6 Å². The van der Waals surface area contributed by atoms with Crippen molar-refractivity contribution in [2.75, 3.05) is 5.32 Å². The van der Waals surface area contributed by atoms with Gasteiger partial charge in [-0.3, -0.25) is 4.79 Å². The molecule has 0 aliphatic heterocycles. The van der Waals surface area contributed by atoms with Gasteiger partial charge in [0, 0.05) is 15.7 Å². The van der Waals surface area contributed by atoms with Crippen LogP contribution in [0.25, 0.3) is 11.4 Å². The maximum atomic E-state index is 12.1. The molecular formula is C16H12BrN3O. The molecule has 2 aromatic carbocycles. The predicted octanol–water partition coefficient (Wildman–Crippen LogP) is 4.09. The van der Waals surface area contributed by atoms with Gasteiger partial charge in [0.15, 0.2) is 0 Å². The van der Waals surface area contributed by atoms with Crippen molar-refractivity contribution in [3.8, 4) is 11.4 Å². The first-order valence-corrected chi connectivity index (χ1v) is 7.19. The monoisotopic (exact) mass is 341 g/mol. The Morgan fingerprint density at radius 2 is 1.76 bits per heavy atom. The van der Waals surface area contributed by atoms with Gasteiger partial charge in [-0.05, 0) is 24.3 Å². The number of carbonyl (C=O) groups excluding carboxylic acids is 1. The predicted molar refractivity (Wildman–Crippen MR) is 86.1 cm³/mol. The first kappa shape index (κ1) is 13.6. The zero-order valence-corrected chi connectivity index (χ0v) is 12.6. The van der Waals surface area contributed by atoms with Gasteiger partial charge < -0.3 is 10.3 Å². The second-order valence-corrected chi connectivity index (χ2v) is 5.39. The smallest absolute Gasteiger partial charge is 0.273 e. The van der Waals surface area contributed by atoms with E-state index in [1.54, 1.807) is 0 Å². The summed E-state index contributed by atoms with van der Waals surface area (Å²) >= 11 is 3.36. The van der Waals surface area contributed by atoms with Crippen molar-refractivity contribution in [1.82, 2.24) is 9.97 Å². The SMILES string of the molecule is O=C(Nc1ccc(Br)cc1)c1cnc(-c2ccccc2)[nH]1. The molecule has 1 amide bonds. The van der Waals surface area contributed by atoms with Crippen LogP contribution in [0.2, 0.25) is 0 Å². The van der Waals surface area contributed by atoms with Crippen molar-refractivity contribution >= 4 is 27.5 Å². The van der Waals surface area contributed by atoms with Crippen molar-refractivity contribution in [3.63, 3.8) is 0 Å². The summed E-state index contributed by atoms with van der Waals surface area (Å²) in [5.41, 5.74) is 2.11. The number of rotatable bonds is 3. The lowest BCUT2D eigenvalue weighted by Crippen LogP contribution is -2.12. The van der Waals surface area contributed by atoms with Crippen LogP contribution in [0.1, 0.15) is 10.5 Å². The van der Waals surface area contributed by atoms with Crippen LogP contribution in [0.4, 0.5) is 5.69 Å². The van der Waals surface area contributed by atoms with E-state index < -0.39 is 0 Å². The van der Waals surface area contributed by atoms with Gasteiger partial charge in [-0.25, -0.2) is 4.98 Å². The fraction of sp³-hybridized carbons (Fsp3) is 0. The summed E-state index contributed by atoms with van der Waals surface area (Å²) in [6.45, 7) is 0. The Bertz CT molecular complexity index is 751. The Balaban J connectivity index is 1.77. The summed E-state index contributed by atoms with van der Waals surface area (Å²) in [5.74, 6) is 0.462. The molecule has 0 spiro atoms. The highest BCUT2D eigenvalue weighted by atomic mass is 79.9. The number of H-pyrrole nitrogens is 1. The van der Waals surface area contributed by atoms with E-state index in [-0.39, 0.29) is 5.91 Å². The van der Waals surface area contributed by atoms with Gasteiger partial charge in [0.1, 0.15) is 11.5 Å². The van der Waals surface area contributed by atoms with Gasteiger partial charge in [-0.15, -0.1) is 0 Å². The number of benzene rings is 2. The third-order valence-corrected chi connectivity index (χ3v) is 3.50. The number of nitrogens with zero attached hydrogens (tertiary/aromatic N) is 1. The topological polar surface area (TPSA) is 57.8 Å². The van der Waals surface area contributed by atoms with Gasteiger partial charge in [-0.2, -0.15) is 0 Å². The fourth-order valence-corrected chi connectivity index (χ4v) is 2.18. The van der Waals surface area contributed by atoms with E-state index in [9.17, 15) is 4.79 Å². The average molecular weight is 342 g/mol. The minimum Gasteiger partial charge on any atom is -0.334 e. The van der Waals surface area contributed by atoms with Crippen LogP contribution < -0.4 is 5.32 Å². The van der Waals surface area contributed by atoms with Crippen molar-refractivity contribution < 1.29 is 4.79 Å². The van der Waals surface area contributed by atoms with Crippen LogP contribution in [0, 0.1) is 0 Å². The lowest BCUT2D eigenvalue weighted by atomic mass is 10.2. The summed E-state index contributed by atoms with van der Waals surface area (Å²) in [7, 11) is 0. The van der Waals surface area contributed by atoms with Crippen LogP contribution in [0.5, 0.6) is 0 Å². The highest BCUT2D eigenvalue weighted by Gasteiger charge is 2.10. The summed E-state index contributed by atoms with van der Waals surface area (Å²) in [6, 6.07) is 17.1. The zero-order valence-electron chi connectivity index (χ0n) is 11.0. The van der Waals surface area contributed by atoms with Crippen LogP contribution >= 0.6 is 15.9 Å². The number of carbonyl (C=O) groups is 1. The molecule has 0 aliphatic carbocycles. The molecule has 21 heavy (non-hydrogen) atoms. The summed E-state index contributed by atoms with van der Waals surface area (Å²) in [4.78, 5) is 19.4. The maximum Gasteiger partial charge on any atom is 0.273 e. The van der Waals surface area contributed by atoms with Gasteiger partial charge in [0.2, 0.25) is 0 Å². The number of halogens is 1. The lowest BCUT2D eigenvalue weighted by molar-refractivity contribution is 0.102. The number of anilines is 1. The number of nitrogens with one attached hydrogen (secondary N) is 2. The Morgan fingerprint density at radius 1 is 1.05 bits per heavy atom. The number of hydrogen-bond donors (Lipinski definition) is 2. The van der Waals surface area contributed by atoms with Crippen LogP contribution in [0.3, 0.4) is 0 Å². The Labute approximate surface area is 130 Å². The number of hydrogen-bond acceptors (Lipinski definition) is 2. The van der Waals surface area contributed by atoms with E-state index in [0.717, 1.165) is 15.7 Å². The van der Waals surface area contributed by atoms with Crippen molar-refractivity contribution in [2.45, 2.75) is 0 Å². The fourth-order valence-electron chi connectivity index (χ4n) is 1.91. The minimum absolute atomic E-state index is 0.216. The first-order valence-electron chi connectivity index (χ1n) is 6.40. The maximum absolute atomic E-state index is 12.1. The Kier molecular flexibility index (Phi) is 3.83. The van der Waals surface area contributed by atoms with Crippen molar-refractivity contribution in [1.29, 1.82) is 0 Å². The number of aromatic nitrogens is 2. The van der Waals surface area contributed by atoms with Gasteiger partial charge in [0.25, 0.3) is 5.91 Å². The molecule has 0 unspecified atom stereocenters. The molecule has 3 rings (SSSR count). The van der Waals surface area contributed by atoms with Gasteiger partial charge in [-0.1, -0.05) is 46.3 Å². The molecule has 1 aromatic heterocycles. The van der Waals surface area contributed by atoms with Crippen LogP contribution in [-0.2, 0) is 0 Å². The lowest BCUT2D eigenvalue weighted by Gasteiger charge is -2.03.